The van der Waals surface area contributed by atoms with Gasteiger partial charge in [0.05, 0.1) is 13.7 Å². The molecule has 68 valence electrons. The van der Waals surface area contributed by atoms with Gasteiger partial charge in [-0.2, -0.15) is 0 Å². The van der Waals surface area contributed by atoms with Crippen LogP contribution in [0.3, 0.4) is 0 Å². The lowest BCUT2D eigenvalue weighted by atomic mass is 10.1. The fourth-order valence-electron chi connectivity index (χ4n) is 1.82. The number of ether oxygens (including phenoxy) is 2. The van der Waals surface area contributed by atoms with Crippen molar-refractivity contribution in [2.75, 3.05) is 19.0 Å². The summed E-state index contributed by atoms with van der Waals surface area (Å²) in [5.74, 6) is 0.915. The number of anilines is 1. The Morgan fingerprint density at radius 2 is 2.38 bits per heavy atom. The highest BCUT2D eigenvalue weighted by atomic mass is 16.6. The molecule has 13 heavy (non-hydrogen) atoms. The molecular weight excluding hydrogens is 166 g/mol. The fourth-order valence-corrected chi connectivity index (χ4v) is 1.82. The first-order valence-electron chi connectivity index (χ1n) is 4.40. The second kappa shape index (κ2) is 2.17. The molecule has 1 aromatic rings. The molecule has 3 nitrogen and oxygen atoms in total. The number of hydrogen-bond donors (Lipinski definition) is 1. The molecular formula is C10H11NO2. The zero-order valence-electron chi connectivity index (χ0n) is 7.46. The lowest BCUT2D eigenvalue weighted by molar-refractivity contribution is 0.339. The predicted molar refractivity (Wildman–Crippen MR) is 49.0 cm³/mol. The minimum Gasteiger partial charge on any atom is -0.497 e. The Bertz CT molecular complexity index is 358. The van der Waals surface area contributed by atoms with Gasteiger partial charge >= 0.3 is 0 Å². The van der Waals surface area contributed by atoms with Crippen molar-refractivity contribution in [1.82, 2.24) is 0 Å². The normalized spacial score (nSPS) is 28.4. The third-order valence-electron chi connectivity index (χ3n) is 2.64. The van der Waals surface area contributed by atoms with E-state index >= 15 is 0 Å². The summed E-state index contributed by atoms with van der Waals surface area (Å²) in [6.45, 7) is 0.823. The standard InChI is InChI=1S/C10H11NO2/c1-12-8-2-3-9-7(4-8)5-10(11-9)6-13-10/h2-4,11H,5-6H2,1H3. The summed E-state index contributed by atoms with van der Waals surface area (Å²) in [6, 6.07) is 6.08. The number of nitrogens with one attached hydrogen (secondary N) is 1. The molecule has 1 unspecified atom stereocenters. The zero-order chi connectivity index (χ0) is 8.89. The monoisotopic (exact) mass is 177 g/mol. The van der Waals surface area contributed by atoms with Gasteiger partial charge in [-0.25, -0.2) is 0 Å². The second-order valence-corrected chi connectivity index (χ2v) is 3.61. The molecule has 2 heterocycles. The van der Waals surface area contributed by atoms with Crippen molar-refractivity contribution in [1.29, 1.82) is 0 Å². The lowest BCUT2D eigenvalue weighted by Crippen LogP contribution is -2.18. The molecule has 0 amide bonds. The Balaban J connectivity index is 2.00. The van der Waals surface area contributed by atoms with E-state index in [0.717, 1.165) is 18.8 Å². The Morgan fingerprint density at radius 3 is 3.08 bits per heavy atom. The molecule has 0 aliphatic carbocycles. The van der Waals surface area contributed by atoms with Gasteiger partial charge in [-0.05, 0) is 23.8 Å². The molecule has 1 saturated heterocycles. The number of fused-ring (bicyclic) bond motifs is 1. The summed E-state index contributed by atoms with van der Waals surface area (Å²) in [7, 11) is 1.69. The summed E-state index contributed by atoms with van der Waals surface area (Å²) in [5, 5.41) is 3.36. The van der Waals surface area contributed by atoms with E-state index in [4.69, 9.17) is 9.47 Å². The van der Waals surface area contributed by atoms with Crippen LogP contribution in [0, 0.1) is 0 Å². The molecule has 1 fully saturated rings. The van der Waals surface area contributed by atoms with Gasteiger partial charge in [-0.1, -0.05) is 0 Å². The number of hydrogen-bond acceptors (Lipinski definition) is 3. The van der Waals surface area contributed by atoms with E-state index in [2.05, 4.69) is 11.4 Å². The van der Waals surface area contributed by atoms with E-state index in [-0.39, 0.29) is 5.72 Å². The van der Waals surface area contributed by atoms with Crippen LogP contribution in [0.5, 0.6) is 5.75 Å². The summed E-state index contributed by atoms with van der Waals surface area (Å²) in [5.41, 5.74) is 2.41. The SMILES string of the molecule is COc1ccc2c(c1)CC1(CO1)N2. The highest BCUT2D eigenvalue weighted by Gasteiger charge is 2.49. The highest BCUT2D eigenvalue weighted by Crippen LogP contribution is 2.42. The number of methoxy groups -OCH3 is 1. The van der Waals surface area contributed by atoms with Crippen molar-refractivity contribution in [3.63, 3.8) is 0 Å². The maximum atomic E-state index is 5.36. The number of rotatable bonds is 1. The van der Waals surface area contributed by atoms with Crippen molar-refractivity contribution in [2.45, 2.75) is 12.1 Å². The van der Waals surface area contributed by atoms with Crippen molar-refractivity contribution >= 4 is 5.69 Å². The molecule has 0 radical (unpaired) electrons. The van der Waals surface area contributed by atoms with Gasteiger partial charge in [0.1, 0.15) is 5.75 Å². The molecule has 0 saturated carbocycles. The summed E-state index contributed by atoms with van der Waals surface area (Å²) < 4.78 is 10.5. The summed E-state index contributed by atoms with van der Waals surface area (Å²) in [6.07, 6.45) is 0.958. The largest absolute Gasteiger partial charge is 0.497 e. The van der Waals surface area contributed by atoms with E-state index in [1.807, 2.05) is 12.1 Å². The van der Waals surface area contributed by atoms with Crippen LogP contribution in [0.15, 0.2) is 18.2 Å². The van der Waals surface area contributed by atoms with E-state index in [1.165, 1.54) is 11.3 Å². The van der Waals surface area contributed by atoms with Gasteiger partial charge in [0.25, 0.3) is 0 Å². The van der Waals surface area contributed by atoms with Gasteiger partial charge in [-0.15, -0.1) is 0 Å². The van der Waals surface area contributed by atoms with Crippen molar-refractivity contribution in [3.8, 4) is 5.75 Å². The zero-order valence-corrected chi connectivity index (χ0v) is 7.46. The Hall–Kier alpha value is -1.22. The smallest absolute Gasteiger partial charge is 0.166 e. The molecule has 2 aliphatic heterocycles. The molecule has 1 atom stereocenters. The highest BCUT2D eigenvalue weighted by molar-refractivity contribution is 5.61. The van der Waals surface area contributed by atoms with Crippen LogP contribution >= 0.6 is 0 Å². The molecule has 0 bridgehead atoms. The van der Waals surface area contributed by atoms with E-state index in [0.29, 0.717) is 0 Å². The van der Waals surface area contributed by atoms with Crippen LogP contribution in [-0.2, 0) is 11.2 Å². The summed E-state index contributed by atoms with van der Waals surface area (Å²) >= 11 is 0. The van der Waals surface area contributed by atoms with Gasteiger partial charge < -0.3 is 14.8 Å². The maximum absolute atomic E-state index is 5.36. The molecule has 1 aromatic carbocycles. The van der Waals surface area contributed by atoms with Crippen LogP contribution in [0.1, 0.15) is 5.56 Å². The van der Waals surface area contributed by atoms with Crippen LogP contribution < -0.4 is 10.1 Å². The molecule has 1 N–H and O–H groups in total. The molecule has 3 rings (SSSR count). The Morgan fingerprint density at radius 1 is 1.54 bits per heavy atom. The topological polar surface area (TPSA) is 33.8 Å². The van der Waals surface area contributed by atoms with E-state index < -0.39 is 0 Å². The van der Waals surface area contributed by atoms with E-state index in [9.17, 15) is 0 Å². The van der Waals surface area contributed by atoms with Crippen molar-refractivity contribution in [3.05, 3.63) is 23.8 Å². The van der Waals surface area contributed by atoms with Crippen molar-refractivity contribution in [2.24, 2.45) is 0 Å². The first kappa shape index (κ1) is 7.21. The maximum Gasteiger partial charge on any atom is 0.166 e. The van der Waals surface area contributed by atoms with Gasteiger partial charge in [0, 0.05) is 12.1 Å². The lowest BCUT2D eigenvalue weighted by Gasteiger charge is -2.02. The minimum absolute atomic E-state index is 0.0608. The fraction of sp³-hybridized carbons (Fsp3) is 0.400. The summed E-state index contributed by atoms with van der Waals surface area (Å²) in [4.78, 5) is 0. The van der Waals surface area contributed by atoms with Crippen molar-refractivity contribution < 1.29 is 9.47 Å². The van der Waals surface area contributed by atoms with Gasteiger partial charge in [0.15, 0.2) is 5.72 Å². The minimum atomic E-state index is -0.0608. The molecule has 2 aliphatic rings. The van der Waals surface area contributed by atoms with Gasteiger partial charge in [0.2, 0.25) is 0 Å². The molecule has 3 heteroatoms. The Labute approximate surface area is 76.7 Å². The second-order valence-electron chi connectivity index (χ2n) is 3.61. The first-order valence-corrected chi connectivity index (χ1v) is 4.40. The third kappa shape index (κ3) is 1.00. The van der Waals surface area contributed by atoms with Crippen LogP contribution in [0.4, 0.5) is 5.69 Å². The number of epoxide rings is 1. The first-order chi connectivity index (χ1) is 6.31. The van der Waals surface area contributed by atoms with Crippen LogP contribution in [0.25, 0.3) is 0 Å². The average Bonchev–Trinajstić information content (AvgIpc) is 2.78. The van der Waals surface area contributed by atoms with Crippen LogP contribution in [0.2, 0.25) is 0 Å². The Kier molecular flexibility index (Phi) is 1.21. The molecule has 1 spiro atoms. The predicted octanol–water partition coefficient (Wildman–Crippen LogP) is 1.39. The third-order valence-corrected chi connectivity index (χ3v) is 2.64. The average molecular weight is 177 g/mol. The van der Waals surface area contributed by atoms with Gasteiger partial charge in [-0.3, -0.25) is 0 Å². The quantitative estimate of drug-likeness (QED) is 0.658. The van der Waals surface area contributed by atoms with E-state index in [1.54, 1.807) is 7.11 Å². The molecule has 0 aromatic heterocycles. The van der Waals surface area contributed by atoms with Crippen LogP contribution in [-0.4, -0.2) is 19.4 Å². The number of benzene rings is 1.